The third kappa shape index (κ3) is 3.56. The maximum absolute atomic E-state index is 13.5. The van der Waals surface area contributed by atoms with Gasteiger partial charge in [0.15, 0.2) is 11.5 Å². The second kappa shape index (κ2) is 6.83. The molecule has 21 heavy (non-hydrogen) atoms. The highest BCUT2D eigenvalue weighted by Gasteiger charge is 2.11. The molecule has 0 aliphatic carbocycles. The number of aldehydes is 1. The smallest absolute Gasteiger partial charge is 0.161 e. The quantitative estimate of drug-likeness (QED) is 0.766. The highest BCUT2D eigenvalue weighted by atomic mass is 19.1. The number of benzene rings is 2. The summed E-state index contributed by atoms with van der Waals surface area (Å²) in [5, 5.41) is 0. The third-order valence-corrected chi connectivity index (χ3v) is 2.98. The van der Waals surface area contributed by atoms with Gasteiger partial charge in [0.1, 0.15) is 24.5 Å². The van der Waals surface area contributed by atoms with Gasteiger partial charge in [-0.15, -0.1) is 0 Å². The number of hydrogen-bond donors (Lipinski definition) is 0. The van der Waals surface area contributed by atoms with Crippen molar-refractivity contribution in [1.82, 2.24) is 0 Å². The lowest BCUT2D eigenvalue weighted by Gasteiger charge is -2.12. The first-order valence-electron chi connectivity index (χ1n) is 6.32. The molecule has 0 radical (unpaired) electrons. The monoisotopic (exact) mass is 292 g/mol. The van der Waals surface area contributed by atoms with Crippen molar-refractivity contribution in [3.63, 3.8) is 0 Å². The van der Waals surface area contributed by atoms with Crippen LogP contribution in [0.3, 0.4) is 0 Å². The van der Waals surface area contributed by atoms with Crippen molar-refractivity contribution >= 4 is 6.29 Å². The Bertz CT molecular complexity index is 621. The van der Waals surface area contributed by atoms with Crippen LogP contribution in [0.1, 0.15) is 11.1 Å². The Balaban J connectivity index is 2.18. The Kier molecular flexibility index (Phi) is 4.87. The van der Waals surface area contributed by atoms with Crippen molar-refractivity contribution in [3.05, 3.63) is 59.2 Å². The molecular formula is C16H14F2O3. The Morgan fingerprint density at radius 2 is 1.81 bits per heavy atom. The van der Waals surface area contributed by atoms with Gasteiger partial charge in [-0.3, -0.25) is 0 Å². The van der Waals surface area contributed by atoms with Gasteiger partial charge in [0.05, 0.1) is 12.7 Å². The summed E-state index contributed by atoms with van der Waals surface area (Å²) in [7, 11) is 1.45. The molecule has 0 atom stereocenters. The van der Waals surface area contributed by atoms with E-state index >= 15 is 0 Å². The molecule has 5 heteroatoms. The normalized spacial score (nSPS) is 10.2. The van der Waals surface area contributed by atoms with E-state index in [4.69, 9.17) is 9.47 Å². The number of methoxy groups -OCH3 is 1. The van der Waals surface area contributed by atoms with Crippen LogP contribution in [0.4, 0.5) is 8.78 Å². The largest absolute Gasteiger partial charge is 0.493 e. The van der Waals surface area contributed by atoms with Crippen molar-refractivity contribution < 1.29 is 23.0 Å². The number of halogens is 2. The van der Waals surface area contributed by atoms with E-state index in [1.807, 2.05) is 0 Å². The van der Waals surface area contributed by atoms with Gasteiger partial charge in [0.25, 0.3) is 0 Å². The molecule has 0 aromatic heterocycles. The summed E-state index contributed by atoms with van der Waals surface area (Å²) in [6.07, 6.45) is 1.04. The number of carbonyl (C=O) groups excluding carboxylic acids is 1. The van der Waals surface area contributed by atoms with E-state index in [1.165, 1.54) is 25.3 Å². The van der Waals surface area contributed by atoms with Crippen molar-refractivity contribution in [3.8, 4) is 11.5 Å². The number of rotatable bonds is 6. The summed E-state index contributed by atoms with van der Waals surface area (Å²) >= 11 is 0. The van der Waals surface area contributed by atoms with Crippen molar-refractivity contribution in [1.29, 1.82) is 0 Å². The standard InChI is InChI=1S/C16H14F2O3/c1-20-16-9-11(7-8-19)5-6-15(16)21-10-12-13(17)3-2-4-14(12)18/h2-6,8-9H,7,10H2,1H3. The SMILES string of the molecule is COc1cc(CC=O)ccc1OCc1c(F)cccc1F. The topological polar surface area (TPSA) is 35.5 Å². The lowest BCUT2D eigenvalue weighted by molar-refractivity contribution is -0.107. The van der Waals surface area contributed by atoms with Gasteiger partial charge < -0.3 is 14.3 Å². The maximum Gasteiger partial charge on any atom is 0.161 e. The average molecular weight is 292 g/mol. The highest BCUT2D eigenvalue weighted by molar-refractivity contribution is 5.56. The molecule has 0 aliphatic rings. The third-order valence-electron chi connectivity index (χ3n) is 2.98. The summed E-state index contributed by atoms with van der Waals surface area (Å²) in [6, 6.07) is 8.60. The molecule has 110 valence electrons. The van der Waals surface area contributed by atoms with E-state index in [0.29, 0.717) is 11.5 Å². The predicted molar refractivity (Wildman–Crippen MR) is 73.5 cm³/mol. The van der Waals surface area contributed by atoms with E-state index in [1.54, 1.807) is 18.2 Å². The van der Waals surface area contributed by atoms with Gasteiger partial charge >= 0.3 is 0 Å². The molecule has 2 aromatic rings. The molecule has 0 amide bonds. The fourth-order valence-electron chi connectivity index (χ4n) is 1.87. The molecule has 0 spiro atoms. The van der Waals surface area contributed by atoms with Crippen molar-refractivity contribution in [2.24, 2.45) is 0 Å². The Labute approximate surface area is 121 Å². The van der Waals surface area contributed by atoms with E-state index in [0.717, 1.165) is 11.8 Å². The van der Waals surface area contributed by atoms with Crippen LogP contribution in [0.15, 0.2) is 36.4 Å². The second-order valence-electron chi connectivity index (χ2n) is 4.34. The zero-order valence-electron chi connectivity index (χ0n) is 11.4. The fourth-order valence-corrected chi connectivity index (χ4v) is 1.87. The summed E-state index contributed by atoms with van der Waals surface area (Å²) in [5.41, 5.74) is 0.628. The Morgan fingerprint density at radius 3 is 2.43 bits per heavy atom. The molecule has 2 aromatic carbocycles. The van der Waals surface area contributed by atoms with Crippen LogP contribution in [0.2, 0.25) is 0 Å². The highest BCUT2D eigenvalue weighted by Crippen LogP contribution is 2.29. The van der Waals surface area contributed by atoms with Gasteiger partial charge in [-0.05, 0) is 29.8 Å². The maximum atomic E-state index is 13.5. The van der Waals surface area contributed by atoms with E-state index < -0.39 is 11.6 Å². The minimum absolute atomic E-state index is 0.142. The number of hydrogen-bond acceptors (Lipinski definition) is 3. The van der Waals surface area contributed by atoms with Crippen LogP contribution in [0.5, 0.6) is 11.5 Å². The van der Waals surface area contributed by atoms with E-state index in [2.05, 4.69) is 0 Å². The second-order valence-corrected chi connectivity index (χ2v) is 4.34. The average Bonchev–Trinajstić information content (AvgIpc) is 2.48. The summed E-state index contributed by atoms with van der Waals surface area (Å²) in [5.74, 6) is -0.556. The minimum Gasteiger partial charge on any atom is -0.493 e. The van der Waals surface area contributed by atoms with Crippen LogP contribution in [-0.2, 0) is 17.8 Å². The fraction of sp³-hybridized carbons (Fsp3) is 0.188. The minimum atomic E-state index is -0.661. The van der Waals surface area contributed by atoms with Gasteiger partial charge in [-0.1, -0.05) is 12.1 Å². The molecule has 2 rings (SSSR count). The molecule has 0 bridgehead atoms. The van der Waals surface area contributed by atoms with Gasteiger partial charge in [-0.2, -0.15) is 0 Å². The van der Waals surface area contributed by atoms with Crippen LogP contribution >= 0.6 is 0 Å². The molecule has 0 fully saturated rings. The summed E-state index contributed by atoms with van der Waals surface area (Å²) in [4.78, 5) is 10.5. The molecule has 0 heterocycles. The van der Waals surface area contributed by atoms with Gasteiger partial charge in [0.2, 0.25) is 0 Å². The van der Waals surface area contributed by atoms with E-state index in [-0.39, 0.29) is 18.6 Å². The zero-order chi connectivity index (χ0) is 15.2. The molecular weight excluding hydrogens is 278 g/mol. The zero-order valence-corrected chi connectivity index (χ0v) is 11.4. The Morgan fingerprint density at radius 1 is 1.10 bits per heavy atom. The van der Waals surface area contributed by atoms with E-state index in [9.17, 15) is 13.6 Å². The van der Waals surface area contributed by atoms with Gasteiger partial charge in [0, 0.05) is 6.42 Å². The lowest BCUT2D eigenvalue weighted by Crippen LogP contribution is -2.03. The molecule has 0 N–H and O–H groups in total. The first-order valence-corrected chi connectivity index (χ1v) is 6.32. The van der Waals surface area contributed by atoms with Crippen LogP contribution in [-0.4, -0.2) is 13.4 Å². The molecule has 0 saturated carbocycles. The van der Waals surface area contributed by atoms with Crippen molar-refractivity contribution in [2.45, 2.75) is 13.0 Å². The first kappa shape index (κ1) is 15.0. The molecule has 0 aliphatic heterocycles. The lowest BCUT2D eigenvalue weighted by atomic mass is 10.1. The predicted octanol–water partition coefficient (Wildman–Crippen LogP) is 3.29. The Hall–Kier alpha value is -2.43. The van der Waals surface area contributed by atoms with Gasteiger partial charge in [-0.25, -0.2) is 8.78 Å². The van der Waals surface area contributed by atoms with Crippen LogP contribution < -0.4 is 9.47 Å². The molecule has 0 unspecified atom stereocenters. The first-order chi connectivity index (χ1) is 10.2. The summed E-state index contributed by atoms with van der Waals surface area (Å²) in [6.45, 7) is -0.248. The molecule has 0 saturated heterocycles. The van der Waals surface area contributed by atoms with Crippen LogP contribution in [0.25, 0.3) is 0 Å². The van der Waals surface area contributed by atoms with Crippen molar-refractivity contribution in [2.75, 3.05) is 7.11 Å². The summed E-state index contributed by atoms with van der Waals surface area (Å²) < 4.78 is 37.6. The molecule has 3 nitrogen and oxygen atoms in total. The number of ether oxygens (including phenoxy) is 2. The number of carbonyl (C=O) groups is 1. The van der Waals surface area contributed by atoms with Crippen LogP contribution in [0, 0.1) is 11.6 Å².